The summed E-state index contributed by atoms with van der Waals surface area (Å²) < 4.78 is 39.2. The molecule has 0 spiro atoms. The first kappa shape index (κ1) is 20.7. The number of carbonyl (C=O) groups is 1. The first-order valence-electron chi connectivity index (χ1n) is 9.41. The summed E-state index contributed by atoms with van der Waals surface area (Å²) in [6.07, 6.45) is 3.32. The predicted octanol–water partition coefficient (Wildman–Crippen LogP) is 4.56. The van der Waals surface area contributed by atoms with E-state index < -0.39 is 18.6 Å². The largest absolute Gasteiger partial charge is 0.406 e. The number of aromatic nitrogens is 2. The Labute approximate surface area is 165 Å². The van der Waals surface area contributed by atoms with Gasteiger partial charge in [-0.2, -0.15) is 13.2 Å². The molecule has 1 aromatic heterocycles. The zero-order valence-electron chi connectivity index (χ0n) is 15.3. The summed E-state index contributed by atoms with van der Waals surface area (Å²) in [5, 5.41) is 12.2. The van der Waals surface area contributed by atoms with E-state index in [-0.39, 0.29) is 17.7 Å². The molecule has 1 amide bonds. The molecule has 3 rings (SSSR count). The molecule has 2 saturated carbocycles. The zero-order chi connectivity index (χ0) is 19.4. The Hall–Kier alpha value is -1.03. The van der Waals surface area contributed by atoms with Gasteiger partial charge in [-0.1, -0.05) is 42.4 Å². The summed E-state index contributed by atoms with van der Waals surface area (Å²) >= 11 is 2.52. The smallest absolute Gasteiger partial charge is 0.357 e. The van der Waals surface area contributed by atoms with Crippen molar-refractivity contribution in [3.63, 3.8) is 0 Å². The maximum atomic E-state index is 12.9. The third-order valence-corrected chi connectivity index (χ3v) is 7.10. The average Bonchev–Trinajstić information content (AvgIpc) is 3.38. The lowest BCUT2D eigenvalue weighted by atomic mass is 9.96. The highest BCUT2D eigenvalue weighted by molar-refractivity contribution is 8.01. The molecule has 1 unspecified atom stereocenters. The van der Waals surface area contributed by atoms with E-state index >= 15 is 0 Å². The molecule has 0 bridgehead atoms. The molecule has 2 fully saturated rings. The van der Waals surface area contributed by atoms with Crippen molar-refractivity contribution in [3.05, 3.63) is 0 Å². The summed E-state index contributed by atoms with van der Waals surface area (Å²) in [6.45, 7) is 0.526. The predicted molar refractivity (Wildman–Crippen MR) is 101 cm³/mol. The Morgan fingerprint density at radius 3 is 2.59 bits per heavy atom. The van der Waals surface area contributed by atoms with Gasteiger partial charge < -0.3 is 10.2 Å². The second-order valence-electron chi connectivity index (χ2n) is 7.36. The highest BCUT2D eigenvalue weighted by Crippen LogP contribution is 2.37. The molecule has 1 heterocycles. The van der Waals surface area contributed by atoms with E-state index in [1.165, 1.54) is 30.6 Å². The van der Waals surface area contributed by atoms with E-state index in [0.717, 1.165) is 47.5 Å². The monoisotopic (exact) mass is 422 g/mol. The maximum absolute atomic E-state index is 12.9. The van der Waals surface area contributed by atoms with Crippen molar-refractivity contribution >= 4 is 34.1 Å². The van der Waals surface area contributed by atoms with Crippen molar-refractivity contribution in [1.29, 1.82) is 0 Å². The van der Waals surface area contributed by atoms with E-state index in [1.807, 2.05) is 0 Å². The highest BCUT2D eigenvalue weighted by atomic mass is 32.2. The van der Waals surface area contributed by atoms with Crippen LogP contribution in [0.25, 0.3) is 0 Å². The summed E-state index contributed by atoms with van der Waals surface area (Å²) in [5.74, 6) is -0.353. The molecule has 1 aromatic rings. The fourth-order valence-corrected chi connectivity index (χ4v) is 5.15. The van der Waals surface area contributed by atoms with Crippen molar-refractivity contribution in [2.45, 2.75) is 74.5 Å². The van der Waals surface area contributed by atoms with Crippen molar-refractivity contribution in [3.8, 4) is 0 Å². The van der Waals surface area contributed by atoms with Gasteiger partial charge in [-0.3, -0.25) is 4.79 Å². The van der Waals surface area contributed by atoms with E-state index in [2.05, 4.69) is 15.5 Å². The molecule has 2 aliphatic carbocycles. The SMILES string of the molecule is CC(C1CC1)N(CC(F)(F)F)C(=O)CSc1nnc(NC2CCCCC2)s1. The van der Waals surface area contributed by atoms with Gasteiger partial charge in [0.15, 0.2) is 4.34 Å². The van der Waals surface area contributed by atoms with Gasteiger partial charge in [0.05, 0.1) is 5.75 Å². The molecule has 0 saturated heterocycles. The number of hydrogen-bond acceptors (Lipinski definition) is 6. The number of thioether (sulfide) groups is 1. The molecular weight excluding hydrogens is 397 g/mol. The van der Waals surface area contributed by atoms with Gasteiger partial charge in [0.1, 0.15) is 6.54 Å². The minimum Gasteiger partial charge on any atom is -0.357 e. The van der Waals surface area contributed by atoms with Crippen LogP contribution in [0.4, 0.5) is 18.3 Å². The molecule has 0 aliphatic heterocycles. The highest BCUT2D eigenvalue weighted by Gasteiger charge is 2.40. The lowest BCUT2D eigenvalue weighted by molar-refractivity contribution is -0.164. The molecule has 10 heteroatoms. The van der Waals surface area contributed by atoms with Crippen LogP contribution in [0.1, 0.15) is 51.9 Å². The molecule has 152 valence electrons. The Morgan fingerprint density at radius 2 is 1.96 bits per heavy atom. The first-order chi connectivity index (χ1) is 12.8. The van der Waals surface area contributed by atoms with Crippen molar-refractivity contribution < 1.29 is 18.0 Å². The van der Waals surface area contributed by atoms with Crippen molar-refractivity contribution in [2.24, 2.45) is 5.92 Å². The summed E-state index contributed by atoms with van der Waals surface area (Å²) in [7, 11) is 0. The van der Waals surface area contributed by atoms with Gasteiger partial charge in [-0.15, -0.1) is 10.2 Å². The summed E-state index contributed by atoms with van der Waals surface area (Å²) in [5.41, 5.74) is 0. The standard InChI is InChI=1S/C17H25F3N4OS2/c1-11(12-7-8-12)24(10-17(18,19)20)14(25)9-26-16-23-22-15(27-16)21-13-5-3-2-4-6-13/h11-13H,2-10H2,1H3,(H,21,22). The third-order valence-electron chi connectivity index (χ3n) is 5.12. The second kappa shape index (κ2) is 8.98. The third kappa shape index (κ3) is 6.51. The molecule has 0 aromatic carbocycles. The first-order valence-corrected chi connectivity index (χ1v) is 11.2. The van der Waals surface area contributed by atoms with Gasteiger partial charge in [0, 0.05) is 12.1 Å². The topological polar surface area (TPSA) is 58.1 Å². The number of hydrogen-bond donors (Lipinski definition) is 1. The molecular formula is C17H25F3N4OS2. The Balaban J connectivity index is 1.52. The van der Waals surface area contributed by atoms with Crippen LogP contribution in [0.15, 0.2) is 4.34 Å². The minimum atomic E-state index is -4.39. The lowest BCUT2D eigenvalue weighted by Crippen LogP contribution is -2.46. The second-order valence-corrected chi connectivity index (χ2v) is 9.56. The fraction of sp³-hybridized carbons (Fsp3) is 0.824. The number of alkyl halides is 3. The number of nitrogens with zero attached hydrogens (tertiary/aromatic N) is 3. The normalized spacial score (nSPS) is 19.7. The van der Waals surface area contributed by atoms with Gasteiger partial charge in [0.25, 0.3) is 0 Å². The van der Waals surface area contributed by atoms with Crippen LogP contribution in [-0.2, 0) is 4.79 Å². The van der Waals surface area contributed by atoms with Crippen LogP contribution < -0.4 is 5.32 Å². The van der Waals surface area contributed by atoms with Crippen molar-refractivity contribution in [2.75, 3.05) is 17.6 Å². The molecule has 1 atom stereocenters. The number of anilines is 1. The van der Waals surface area contributed by atoms with Gasteiger partial charge in [0.2, 0.25) is 11.0 Å². The van der Waals surface area contributed by atoms with Gasteiger partial charge >= 0.3 is 6.18 Å². The Kier molecular flexibility index (Phi) is 6.88. The molecule has 27 heavy (non-hydrogen) atoms. The fourth-order valence-electron chi connectivity index (χ4n) is 3.44. The van der Waals surface area contributed by atoms with Crippen LogP contribution >= 0.6 is 23.1 Å². The molecule has 0 radical (unpaired) electrons. The number of nitrogens with one attached hydrogen (secondary N) is 1. The lowest BCUT2D eigenvalue weighted by Gasteiger charge is -2.30. The zero-order valence-corrected chi connectivity index (χ0v) is 16.9. The summed E-state index contributed by atoms with van der Waals surface area (Å²) in [6, 6.07) is 0.0329. The molecule has 1 N–H and O–H groups in total. The van der Waals surface area contributed by atoms with Crippen LogP contribution in [0.5, 0.6) is 0 Å². The Bertz CT molecular complexity index is 630. The maximum Gasteiger partial charge on any atom is 0.406 e. The van der Waals surface area contributed by atoms with E-state index in [0.29, 0.717) is 10.4 Å². The van der Waals surface area contributed by atoms with Crippen LogP contribution in [0.3, 0.4) is 0 Å². The summed E-state index contributed by atoms with van der Waals surface area (Å²) in [4.78, 5) is 13.4. The average molecular weight is 423 g/mol. The van der Waals surface area contributed by atoms with E-state index in [4.69, 9.17) is 0 Å². The number of halogens is 3. The molecule has 2 aliphatic rings. The minimum absolute atomic E-state index is 0.0504. The molecule has 5 nitrogen and oxygen atoms in total. The van der Waals surface area contributed by atoms with Gasteiger partial charge in [-0.05, 0) is 38.5 Å². The number of amides is 1. The number of rotatable bonds is 8. The van der Waals surface area contributed by atoms with Crippen molar-refractivity contribution in [1.82, 2.24) is 15.1 Å². The van der Waals surface area contributed by atoms with Crippen LogP contribution in [0, 0.1) is 5.92 Å². The van der Waals surface area contributed by atoms with Crippen LogP contribution in [0.2, 0.25) is 0 Å². The quantitative estimate of drug-likeness (QED) is 0.622. The van der Waals surface area contributed by atoms with Crippen LogP contribution in [-0.4, -0.2) is 51.6 Å². The number of carbonyl (C=O) groups excluding carboxylic acids is 1. The van der Waals surface area contributed by atoms with Gasteiger partial charge in [-0.25, -0.2) is 0 Å². The Morgan fingerprint density at radius 1 is 1.26 bits per heavy atom. The van der Waals surface area contributed by atoms with E-state index in [9.17, 15) is 18.0 Å². The van der Waals surface area contributed by atoms with E-state index in [1.54, 1.807) is 6.92 Å².